The molecule has 0 aromatic heterocycles. The number of aromatic hydroxyl groups is 1. The largest absolute Gasteiger partial charge is 0.506 e. The van der Waals surface area contributed by atoms with E-state index >= 15 is 0 Å². The van der Waals surface area contributed by atoms with Gasteiger partial charge in [0, 0.05) is 25.7 Å². The molecule has 2 rings (SSSR count). The van der Waals surface area contributed by atoms with E-state index in [0.717, 1.165) is 12.6 Å². The number of nitrogens with zero attached hydrogens (tertiary/aromatic N) is 2. The van der Waals surface area contributed by atoms with E-state index in [4.69, 9.17) is 5.11 Å². The molecule has 1 aromatic rings. The minimum atomic E-state index is -1.13. The number of piperazine rings is 1. The Bertz CT molecular complexity index is 561. The van der Waals surface area contributed by atoms with Crippen molar-refractivity contribution in [3.8, 4) is 5.75 Å². The first kappa shape index (κ1) is 15.1. The topological polar surface area (TPSA) is 93.1 Å². The van der Waals surface area contributed by atoms with Crippen LogP contribution >= 0.6 is 0 Å². The summed E-state index contributed by atoms with van der Waals surface area (Å²) in [4.78, 5) is 26.8. The van der Waals surface area contributed by atoms with Crippen molar-refractivity contribution >= 4 is 17.7 Å². The van der Waals surface area contributed by atoms with E-state index in [1.165, 1.54) is 12.1 Å². The lowest BCUT2D eigenvalue weighted by atomic mass is 10.2. The highest BCUT2D eigenvalue weighted by molar-refractivity contribution is 5.93. The molecule has 1 fully saturated rings. The number of hydrogen-bond donors (Lipinski definition) is 3. The van der Waals surface area contributed by atoms with Gasteiger partial charge >= 0.3 is 12.0 Å². The van der Waals surface area contributed by atoms with Crippen LogP contribution in [0.1, 0.15) is 17.3 Å². The fraction of sp³-hybridized carbons (Fsp3) is 0.429. The number of carboxylic acids is 1. The van der Waals surface area contributed by atoms with Crippen molar-refractivity contribution < 1.29 is 19.8 Å². The number of likely N-dealkylation sites (N-methyl/N-ethyl adjacent to an activating group) is 1. The Labute approximate surface area is 122 Å². The number of amides is 2. The van der Waals surface area contributed by atoms with E-state index in [9.17, 15) is 14.7 Å². The highest BCUT2D eigenvalue weighted by atomic mass is 16.4. The Morgan fingerprint density at radius 3 is 2.62 bits per heavy atom. The molecule has 2 amide bonds. The SMILES string of the molecule is CC1CN(C(=O)Nc2ccc(C(=O)O)cc2O)CCN1C. The molecule has 0 bridgehead atoms. The van der Waals surface area contributed by atoms with Crippen LogP contribution in [-0.2, 0) is 0 Å². The van der Waals surface area contributed by atoms with Crippen molar-refractivity contribution in [2.45, 2.75) is 13.0 Å². The molecule has 0 saturated carbocycles. The van der Waals surface area contributed by atoms with Crippen LogP contribution in [0.25, 0.3) is 0 Å². The minimum absolute atomic E-state index is 0.0290. The van der Waals surface area contributed by atoms with Gasteiger partial charge in [0.05, 0.1) is 11.3 Å². The van der Waals surface area contributed by atoms with E-state index in [1.807, 2.05) is 14.0 Å². The van der Waals surface area contributed by atoms with Crippen molar-refractivity contribution in [2.75, 3.05) is 32.0 Å². The highest BCUT2D eigenvalue weighted by Crippen LogP contribution is 2.25. The summed E-state index contributed by atoms with van der Waals surface area (Å²) in [6, 6.07) is 3.81. The lowest BCUT2D eigenvalue weighted by Crippen LogP contribution is -2.53. The van der Waals surface area contributed by atoms with Gasteiger partial charge in [-0.2, -0.15) is 0 Å². The van der Waals surface area contributed by atoms with Gasteiger partial charge in [-0.3, -0.25) is 0 Å². The summed E-state index contributed by atoms with van der Waals surface area (Å²) < 4.78 is 0. The summed E-state index contributed by atoms with van der Waals surface area (Å²) in [7, 11) is 2.01. The number of carbonyl (C=O) groups excluding carboxylic acids is 1. The van der Waals surface area contributed by atoms with Gasteiger partial charge in [-0.25, -0.2) is 9.59 Å². The smallest absolute Gasteiger partial charge is 0.335 e. The minimum Gasteiger partial charge on any atom is -0.506 e. The van der Waals surface area contributed by atoms with Crippen LogP contribution in [0.4, 0.5) is 10.5 Å². The van der Waals surface area contributed by atoms with E-state index < -0.39 is 5.97 Å². The van der Waals surface area contributed by atoms with Gasteiger partial charge in [0.2, 0.25) is 0 Å². The third kappa shape index (κ3) is 3.43. The van der Waals surface area contributed by atoms with Crippen LogP contribution in [0.5, 0.6) is 5.75 Å². The number of nitrogens with one attached hydrogen (secondary N) is 1. The third-order valence-corrected chi connectivity index (χ3v) is 3.73. The molecule has 1 aliphatic rings. The van der Waals surface area contributed by atoms with Gasteiger partial charge in [0.15, 0.2) is 0 Å². The maximum Gasteiger partial charge on any atom is 0.335 e. The molecule has 1 saturated heterocycles. The van der Waals surface area contributed by atoms with Gasteiger partial charge in [-0.1, -0.05) is 0 Å². The van der Waals surface area contributed by atoms with Gasteiger partial charge in [-0.15, -0.1) is 0 Å². The first-order chi connectivity index (χ1) is 9.88. The van der Waals surface area contributed by atoms with E-state index in [-0.39, 0.29) is 29.1 Å². The summed E-state index contributed by atoms with van der Waals surface area (Å²) in [5.74, 6) is -1.39. The summed E-state index contributed by atoms with van der Waals surface area (Å²) in [6.45, 7) is 4.05. The number of rotatable bonds is 2. The number of benzene rings is 1. The molecular weight excluding hydrogens is 274 g/mol. The van der Waals surface area contributed by atoms with Crippen molar-refractivity contribution in [1.29, 1.82) is 0 Å². The molecule has 114 valence electrons. The molecule has 0 spiro atoms. The zero-order valence-electron chi connectivity index (χ0n) is 12.0. The molecule has 1 heterocycles. The molecule has 0 radical (unpaired) electrons. The molecule has 1 unspecified atom stereocenters. The number of phenols is 1. The van der Waals surface area contributed by atoms with Crippen molar-refractivity contribution in [1.82, 2.24) is 9.80 Å². The van der Waals surface area contributed by atoms with Crippen LogP contribution in [0.2, 0.25) is 0 Å². The fourth-order valence-corrected chi connectivity index (χ4v) is 2.20. The maximum atomic E-state index is 12.2. The standard InChI is InChI=1S/C14H19N3O4/c1-9-8-17(6-5-16(9)2)14(21)15-11-4-3-10(13(19)20)7-12(11)18/h3-4,7,9,18H,5-6,8H2,1-2H3,(H,15,21)(H,19,20). The number of urea groups is 1. The molecule has 0 aliphatic carbocycles. The first-order valence-corrected chi connectivity index (χ1v) is 6.71. The molecular formula is C14H19N3O4. The van der Waals surface area contributed by atoms with Gasteiger partial charge < -0.3 is 25.3 Å². The van der Waals surface area contributed by atoms with E-state index in [2.05, 4.69) is 10.2 Å². The zero-order chi connectivity index (χ0) is 15.6. The monoisotopic (exact) mass is 293 g/mol. The summed E-state index contributed by atoms with van der Waals surface area (Å²) in [6.07, 6.45) is 0. The highest BCUT2D eigenvalue weighted by Gasteiger charge is 2.24. The molecule has 7 heteroatoms. The number of carboxylic acid groups (broad SMARTS) is 1. The van der Waals surface area contributed by atoms with Crippen LogP contribution in [-0.4, -0.2) is 64.7 Å². The van der Waals surface area contributed by atoms with Crippen molar-refractivity contribution in [3.63, 3.8) is 0 Å². The number of carbonyl (C=O) groups is 2. The van der Waals surface area contributed by atoms with Crippen molar-refractivity contribution in [2.24, 2.45) is 0 Å². The van der Waals surface area contributed by atoms with Gasteiger partial charge in [-0.05, 0) is 32.2 Å². The number of phenolic OH excluding ortho intramolecular Hbond substituents is 1. The number of hydrogen-bond acceptors (Lipinski definition) is 4. The zero-order valence-corrected chi connectivity index (χ0v) is 12.0. The maximum absolute atomic E-state index is 12.2. The molecule has 1 aromatic carbocycles. The van der Waals surface area contributed by atoms with Gasteiger partial charge in [0.25, 0.3) is 0 Å². The summed E-state index contributed by atoms with van der Waals surface area (Å²) in [5.41, 5.74) is 0.176. The van der Waals surface area contributed by atoms with Crippen LogP contribution < -0.4 is 5.32 Å². The molecule has 21 heavy (non-hydrogen) atoms. The first-order valence-electron chi connectivity index (χ1n) is 6.71. The Morgan fingerprint density at radius 1 is 1.33 bits per heavy atom. The number of aromatic carboxylic acids is 1. The second-order valence-electron chi connectivity index (χ2n) is 5.24. The molecule has 1 aliphatic heterocycles. The average molecular weight is 293 g/mol. The molecule has 7 nitrogen and oxygen atoms in total. The quantitative estimate of drug-likeness (QED) is 0.714. The molecule has 1 atom stereocenters. The average Bonchev–Trinajstić information content (AvgIpc) is 2.43. The lowest BCUT2D eigenvalue weighted by molar-refractivity contribution is 0.0696. The predicted molar refractivity (Wildman–Crippen MR) is 77.7 cm³/mol. The Kier molecular flexibility index (Phi) is 4.32. The van der Waals surface area contributed by atoms with Crippen molar-refractivity contribution in [3.05, 3.63) is 23.8 Å². The fourth-order valence-electron chi connectivity index (χ4n) is 2.20. The Balaban J connectivity index is 2.04. The Morgan fingerprint density at radius 2 is 2.05 bits per heavy atom. The summed E-state index contributed by atoms with van der Waals surface area (Å²) in [5, 5.41) is 21.2. The lowest BCUT2D eigenvalue weighted by Gasteiger charge is -2.37. The predicted octanol–water partition coefficient (Wildman–Crippen LogP) is 1.26. The normalized spacial score (nSPS) is 19.3. The Hall–Kier alpha value is -2.28. The third-order valence-electron chi connectivity index (χ3n) is 3.73. The second kappa shape index (κ2) is 6.01. The number of anilines is 1. The van der Waals surface area contributed by atoms with Crippen LogP contribution in [0.15, 0.2) is 18.2 Å². The molecule has 3 N–H and O–H groups in total. The summed E-state index contributed by atoms with van der Waals surface area (Å²) >= 11 is 0. The van der Waals surface area contributed by atoms with E-state index in [1.54, 1.807) is 4.90 Å². The van der Waals surface area contributed by atoms with E-state index in [0.29, 0.717) is 13.1 Å². The second-order valence-corrected chi connectivity index (χ2v) is 5.24. The van der Waals surface area contributed by atoms with Crippen LogP contribution in [0.3, 0.4) is 0 Å². The van der Waals surface area contributed by atoms with Gasteiger partial charge in [0.1, 0.15) is 5.75 Å². The van der Waals surface area contributed by atoms with Crippen LogP contribution in [0, 0.1) is 0 Å².